The summed E-state index contributed by atoms with van der Waals surface area (Å²) in [5.41, 5.74) is 5.03. The van der Waals surface area contributed by atoms with Gasteiger partial charge < -0.3 is 15.2 Å². The number of nitrogens with two attached hydrogens (primary N) is 1. The number of hydrogen-bond donors (Lipinski definition) is 1. The molecule has 2 fully saturated rings. The van der Waals surface area contributed by atoms with E-state index in [1.54, 1.807) is 6.92 Å². The molecule has 0 amide bonds. The van der Waals surface area contributed by atoms with Gasteiger partial charge in [-0.2, -0.15) is 0 Å². The van der Waals surface area contributed by atoms with E-state index in [-0.39, 0.29) is 5.97 Å². The number of carbonyl (C=O) groups is 1. The molecule has 5 nitrogen and oxygen atoms in total. The summed E-state index contributed by atoms with van der Waals surface area (Å²) >= 11 is 0. The SMILES string of the molecule is COC(=O)C(C)(N)CN1CC2CCC(C1)O2. The molecule has 5 heteroatoms. The number of hydrogen-bond acceptors (Lipinski definition) is 5. The lowest BCUT2D eigenvalue weighted by molar-refractivity contribution is -0.148. The van der Waals surface area contributed by atoms with Crippen molar-refractivity contribution in [1.82, 2.24) is 4.90 Å². The first-order valence-corrected chi connectivity index (χ1v) is 5.76. The summed E-state index contributed by atoms with van der Waals surface area (Å²) in [4.78, 5) is 13.7. The molecule has 92 valence electrons. The molecule has 2 heterocycles. The van der Waals surface area contributed by atoms with Gasteiger partial charge in [0.25, 0.3) is 0 Å². The molecule has 0 aromatic heterocycles. The first kappa shape index (κ1) is 11.8. The van der Waals surface area contributed by atoms with Gasteiger partial charge in [0.15, 0.2) is 0 Å². The summed E-state index contributed by atoms with van der Waals surface area (Å²) in [5.74, 6) is -0.355. The highest BCUT2D eigenvalue weighted by molar-refractivity contribution is 5.80. The van der Waals surface area contributed by atoms with Crippen molar-refractivity contribution in [2.24, 2.45) is 5.73 Å². The number of nitrogens with zero attached hydrogens (tertiary/aromatic N) is 1. The molecule has 0 spiro atoms. The molecule has 0 aromatic rings. The van der Waals surface area contributed by atoms with Crippen molar-refractivity contribution >= 4 is 5.97 Å². The highest BCUT2D eigenvalue weighted by Crippen LogP contribution is 2.26. The predicted octanol–water partition coefficient (Wildman–Crippen LogP) is -0.260. The van der Waals surface area contributed by atoms with Crippen LogP contribution in [0.2, 0.25) is 0 Å². The average molecular weight is 228 g/mol. The fraction of sp³-hybridized carbons (Fsp3) is 0.909. The van der Waals surface area contributed by atoms with E-state index < -0.39 is 5.54 Å². The summed E-state index contributed by atoms with van der Waals surface area (Å²) in [6.07, 6.45) is 2.90. The lowest BCUT2D eigenvalue weighted by atomic mass is 10.0. The number of fused-ring (bicyclic) bond motifs is 2. The molecule has 2 rings (SSSR count). The second kappa shape index (κ2) is 4.31. The summed E-state index contributed by atoms with van der Waals surface area (Å²) in [6.45, 7) is 4.01. The Morgan fingerprint density at radius 2 is 2.06 bits per heavy atom. The molecule has 0 radical (unpaired) electrons. The molecule has 0 aromatic carbocycles. The van der Waals surface area contributed by atoms with Gasteiger partial charge in [-0.15, -0.1) is 0 Å². The number of methoxy groups -OCH3 is 1. The molecule has 16 heavy (non-hydrogen) atoms. The van der Waals surface area contributed by atoms with Crippen molar-refractivity contribution in [1.29, 1.82) is 0 Å². The fourth-order valence-corrected chi connectivity index (χ4v) is 2.59. The van der Waals surface area contributed by atoms with Crippen LogP contribution in [0.25, 0.3) is 0 Å². The average Bonchev–Trinajstić information content (AvgIpc) is 2.56. The molecule has 2 aliphatic heterocycles. The number of morpholine rings is 1. The van der Waals surface area contributed by atoms with Gasteiger partial charge in [-0.3, -0.25) is 9.69 Å². The van der Waals surface area contributed by atoms with Gasteiger partial charge in [0, 0.05) is 19.6 Å². The van der Waals surface area contributed by atoms with Crippen LogP contribution in [0.3, 0.4) is 0 Å². The standard InChI is InChI=1S/C11H20N2O3/c1-11(12,10(14)15-2)7-13-5-8-3-4-9(6-13)16-8/h8-9H,3-7,12H2,1-2H3. The monoisotopic (exact) mass is 228 g/mol. The quantitative estimate of drug-likeness (QED) is 0.674. The predicted molar refractivity (Wildman–Crippen MR) is 58.9 cm³/mol. The van der Waals surface area contributed by atoms with Gasteiger partial charge in [-0.05, 0) is 19.8 Å². The van der Waals surface area contributed by atoms with Crippen LogP contribution in [0.4, 0.5) is 0 Å². The first-order valence-electron chi connectivity index (χ1n) is 5.76. The molecule has 2 saturated heterocycles. The minimum Gasteiger partial charge on any atom is -0.468 e. The Hall–Kier alpha value is -0.650. The summed E-state index contributed by atoms with van der Waals surface area (Å²) in [5, 5.41) is 0. The van der Waals surface area contributed by atoms with Crippen LogP contribution in [0.15, 0.2) is 0 Å². The topological polar surface area (TPSA) is 64.8 Å². The number of ether oxygens (including phenoxy) is 2. The van der Waals surface area contributed by atoms with E-state index in [4.69, 9.17) is 15.2 Å². The Labute approximate surface area is 95.9 Å². The van der Waals surface area contributed by atoms with Gasteiger partial charge >= 0.3 is 5.97 Å². The zero-order chi connectivity index (χ0) is 11.8. The molecule has 0 aliphatic carbocycles. The zero-order valence-corrected chi connectivity index (χ0v) is 9.94. The minimum atomic E-state index is -0.925. The van der Waals surface area contributed by atoms with Crippen LogP contribution in [0, 0.1) is 0 Å². The smallest absolute Gasteiger partial charge is 0.326 e. The Bertz CT molecular complexity index is 268. The van der Waals surface area contributed by atoms with Crippen LogP contribution >= 0.6 is 0 Å². The third kappa shape index (κ3) is 2.36. The summed E-state index contributed by atoms with van der Waals surface area (Å²) in [7, 11) is 1.37. The number of rotatable bonds is 3. The van der Waals surface area contributed by atoms with E-state index in [9.17, 15) is 4.79 Å². The highest BCUT2D eigenvalue weighted by Gasteiger charge is 2.38. The lowest BCUT2D eigenvalue weighted by Gasteiger charge is -2.36. The lowest BCUT2D eigenvalue weighted by Crippen LogP contribution is -2.57. The van der Waals surface area contributed by atoms with E-state index in [0.29, 0.717) is 18.8 Å². The Balaban J connectivity index is 1.92. The van der Waals surface area contributed by atoms with Crippen molar-refractivity contribution < 1.29 is 14.3 Å². The fourth-order valence-electron chi connectivity index (χ4n) is 2.59. The third-order valence-corrected chi connectivity index (χ3v) is 3.32. The van der Waals surface area contributed by atoms with E-state index in [0.717, 1.165) is 25.9 Å². The van der Waals surface area contributed by atoms with E-state index in [2.05, 4.69) is 4.90 Å². The van der Waals surface area contributed by atoms with Crippen molar-refractivity contribution in [2.45, 2.75) is 37.5 Å². The van der Waals surface area contributed by atoms with Gasteiger partial charge in [0.1, 0.15) is 5.54 Å². The molecule has 3 atom stereocenters. The summed E-state index contributed by atoms with van der Waals surface area (Å²) < 4.78 is 10.4. The maximum atomic E-state index is 11.5. The molecular formula is C11H20N2O3. The van der Waals surface area contributed by atoms with Crippen LogP contribution < -0.4 is 5.73 Å². The van der Waals surface area contributed by atoms with E-state index in [1.807, 2.05) is 0 Å². The van der Waals surface area contributed by atoms with E-state index in [1.165, 1.54) is 7.11 Å². The molecule has 2 bridgehead atoms. The maximum Gasteiger partial charge on any atom is 0.326 e. The van der Waals surface area contributed by atoms with Crippen LogP contribution in [-0.4, -0.2) is 55.4 Å². The Kier molecular flexibility index (Phi) is 3.19. The third-order valence-electron chi connectivity index (χ3n) is 3.32. The number of esters is 1. The highest BCUT2D eigenvalue weighted by atomic mass is 16.5. The largest absolute Gasteiger partial charge is 0.468 e. The normalized spacial score (nSPS) is 33.4. The van der Waals surface area contributed by atoms with E-state index >= 15 is 0 Å². The van der Waals surface area contributed by atoms with Crippen LogP contribution in [-0.2, 0) is 14.3 Å². The zero-order valence-electron chi connectivity index (χ0n) is 9.94. The second-order valence-corrected chi connectivity index (χ2v) is 5.06. The first-order chi connectivity index (χ1) is 7.51. The van der Waals surface area contributed by atoms with Crippen molar-refractivity contribution in [3.05, 3.63) is 0 Å². The van der Waals surface area contributed by atoms with Gasteiger partial charge in [-0.25, -0.2) is 0 Å². The second-order valence-electron chi connectivity index (χ2n) is 5.06. The van der Waals surface area contributed by atoms with Crippen LogP contribution in [0.5, 0.6) is 0 Å². The molecule has 0 saturated carbocycles. The van der Waals surface area contributed by atoms with Gasteiger partial charge in [0.2, 0.25) is 0 Å². The van der Waals surface area contributed by atoms with Crippen molar-refractivity contribution in [2.75, 3.05) is 26.7 Å². The molecule has 3 unspecified atom stereocenters. The molecular weight excluding hydrogens is 208 g/mol. The minimum absolute atomic E-state index is 0.326. The van der Waals surface area contributed by atoms with Crippen molar-refractivity contribution in [3.8, 4) is 0 Å². The molecule has 2 N–H and O–H groups in total. The van der Waals surface area contributed by atoms with Gasteiger partial charge in [0.05, 0.1) is 19.3 Å². The van der Waals surface area contributed by atoms with Crippen molar-refractivity contribution in [3.63, 3.8) is 0 Å². The number of likely N-dealkylation sites (tertiary alicyclic amines) is 1. The Morgan fingerprint density at radius 3 is 2.56 bits per heavy atom. The number of carbonyl (C=O) groups excluding carboxylic acids is 1. The summed E-state index contributed by atoms with van der Waals surface area (Å²) in [6, 6.07) is 0. The van der Waals surface area contributed by atoms with Gasteiger partial charge in [-0.1, -0.05) is 0 Å². The van der Waals surface area contributed by atoms with Crippen LogP contribution in [0.1, 0.15) is 19.8 Å². The molecule has 2 aliphatic rings. The maximum absolute atomic E-state index is 11.5. The Morgan fingerprint density at radius 1 is 1.50 bits per heavy atom.